The first kappa shape index (κ1) is 19.0. The van der Waals surface area contributed by atoms with E-state index in [9.17, 15) is 18.0 Å². The molecule has 0 fully saturated rings. The van der Waals surface area contributed by atoms with Gasteiger partial charge in [0.15, 0.2) is 17.5 Å². The maximum atomic E-state index is 14.2. The van der Waals surface area contributed by atoms with E-state index in [0.717, 1.165) is 32.7 Å². The number of benzene rings is 2. The zero-order valence-corrected chi connectivity index (χ0v) is 16.3. The number of aryl methyl sites for hydroxylation is 2. The first-order valence-electron chi connectivity index (χ1n) is 9.01. The molecule has 4 nitrogen and oxygen atoms in total. The van der Waals surface area contributed by atoms with Crippen molar-refractivity contribution in [3.05, 3.63) is 70.2 Å². The minimum atomic E-state index is -1.32. The third-order valence-electron chi connectivity index (χ3n) is 5.27. The Labute approximate surface area is 165 Å². The van der Waals surface area contributed by atoms with Crippen LogP contribution in [0.15, 0.2) is 41.0 Å². The predicted molar refractivity (Wildman–Crippen MR) is 107 cm³/mol. The number of fused-ring (bicyclic) bond motifs is 1. The molecule has 7 heteroatoms. The molecule has 148 valence electrons. The molecule has 1 aliphatic rings. The molecule has 0 radical (unpaired) electrons. The Balaban J connectivity index is 1.84. The van der Waals surface area contributed by atoms with E-state index >= 15 is 0 Å². The molecular weight excluding hydrogens is 379 g/mol. The molecule has 0 atom stereocenters. The number of carbonyl (C=O) groups excluding carboxylic acids is 1. The van der Waals surface area contributed by atoms with Gasteiger partial charge < -0.3 is 4.57 Å². The molecule has 0 saturated carbocycles. The van der Waals surface area contributed by atoms with E-state index in [4.69, 9.17) is 0 Å². The quantitative estimate of drug-likeness (QED) is 0.442. The second-order valence-corrected chi connectivity index (χ2v) is 7.16. The zero-order valence-electron chi connectivity index (χ0n) is 16.3. The van der Waals surface area contributed by atoms with Crippen molar-refractivity contribution in [1.82, 2.24) is 4.57 Å². The Morgan fingerprint density at radius 3 is 2.38 bits per heavy atom. The first-order chi connectivity index (χ1) is 13.7. The van der Waals surface area contributed by atoms with Crippen molar-refractivity contribution in [3.63, 3.8) is 0 Å². The summed E-state index contributed by atoms with van der Waals surface area (Å²) in [6, 6.07) is 7.10. The lowest BCUT2D eigenvalue weighted by Gasteiger charge is -2.13. The Bertz CT molecular complexity index is 1250. The number of rotatable bonds is 2. The smallest absolute Gasteiger partial charge is 0.280 e. The molecular formula is C22H18F3N3O. The van der Waals surface area contributed by atoms with Gasteiger partial charge in [-0.15, -0.1) is 0 Å². The third kappa shape index (κ3) is 2.93. The van der Waals surface area contributed by atoms with Crippen LogP contribution in [0.4, 0.5) is 18.9 Å². The van der Waals surface area contributed by atoms with Gasteiger partial charge in [0.25, 0.3) is 5.91 Å². The number of hydrogen-bond donors (Lipinski definition) is 0. The Kier molecular flexibility index (Phi) is 4.33. The van der Waals surface area contributed by atoms with Gasteiger partial charge in [0.1, 0.15) is 5.69 Å². The monoisotopic (exact) mass is 397 g/mol. The lowest BCUT2D eigenvalue weighted by atomic mass is 10.0. The van der Waals surface area contributed by atoms with Gasteiger partial charge in [-0.1, -0.05) is 11.6 Å². The minimum absolute atomic E-state index is 0.270. The number of hydrazone groups is 1. The van der Waals surface area contributed by atoms with Crippen LogP contribution in [-0.2, 0) is 11.8 Å². The van der Waals surface area contributed by atoms with Gasteiger partial charge in [-0.25, -0.2) is 13.2 Å². The zero-order chi connectivity index (χ0) is 21.0. The molecule has 3 aromatic rings. The lowest BCUT2D eigenvalue weighted by Crippen LogP contribution is -2.22. The van der Waals surface area contributed by atoms with Crippen LogP contribution < -0.4 is 5.01 Å². The molecule has 0 aliphatic carbocycles. The van der Waals surface area contributed by atoms with Crippen molar-refractivity contribution in [2.24, 2.45) is 12.1 Å². The summed E-state index contributed by atoms with van der Waals surface area (Å²) in [6.07, 6.45) is 1.72. The molecule has 1 amide bonds. The largest absolute Gasteiger partial charge is 0.347 e. The van der Waals surface area contributed by atoms with Gasteiger partial charge in [-0.2, -0.15) is 10.1 Å². The summed E-state index contributed by atoms with van der Waals surface area (Å²) in [5.41, 5.74) is 4.12. The average molecular weight is 397 g/mol. The summed E-state index contributed by atoms with van der Waals surface area (Å²) in [5, 5.41) is 5.83. The second-order valence-electron chi connectivity index (χ2n) is 7.16. The van der Waals surface area contributed by atoms with Crippen LogP contribution in [-0.4, -0.2) is 16.2 Å². The Morgan fingerprint density at radius 2 is 1.66 bits per heavy atom. The van der Waals surface area contributed by atoms with E-state index in [0.29, 0.717) is 17.8 Å². The number of hydrogen-bond acceptors (Lipinski definition) is 2. The molecule has 0 N–H and O–H groups in total. The number of amides is 1. The number of halogens is 3. The predicted octanol–water partition coefficient (Wildman–Crippen LogP) is 5.02. The summed E-state index contributed by atoms with van der Waals surface area (Å²) in [6.45, 7) is 5.55. The minimum Gasteiger partial charge on any atom is -0.347 e. The Morgan fingerprint density at radius 1 is 0.966 bits per heavy atom. The highest BCUT2D eigenvalue weighted by Gasteiger charge is 2.32. The summed E-state index contributed by atoms with van der Waals surface area (Å²) in [4.78, 5) is 12.9. The number of anilines is 1. The maximum absolute atomic E-state index is 14.2. The van der Waals surface area contributed by atoms with Crippen molar-refractivity contribution in [2.75, 3.05) is 5.01 Å². The highest BCUT2D eigenvalue weighted by molar-refractivity contribution is 6.32. The summed E-state index contributed by atoms with van der Waals surface area (Å²) >= 11 is 0. The molecule has 29 heavy (non-hydrogen) atoms. The normalized spacial score (nSPS) is 15.7. The van der Waals surface area contributed by atoms with E-state index in [2.05, 4.69) is 5.10 Å². The van der Waals surface area contributed by atoms with Crippen molar-refractivity contribution >= 4 is 34.3 Å². The van der Waals surface area contributed by atoms with E-state index in [1.54, 1.807) is 13.0 Å². The van der Waals surface area contributed by atoms with Gasteiger partial charge in [0.2, 0.25) is 0 Å². The fraction of sp³-hybridized carbons (Fsp3) is 0.182. The number of aromatic nitrogens is 1. The van der Waals surface area contributed by atoms with Crippen molar-refractivity contribution in [1.29, 1.82) is 0 Å². The van der Waals surface area contributed by atoms with Gasteiger partial charge in [-0.05, 0) is 39.0 Å². The summed E-state index contributed by atoms with van der Waals surface area (Å²) < 4.78 is 43.0. The van der Waals surface area contributed by atoms with E-state index in [1.807, 2.05) is 43.7 Å². The van der Waals surface area contributed by atoms with Crippen molar-refractivity contribution in [3.8, 4) is 0 Å². The van der Waals surface area contributed by atoms with Gasteiger partial charge in [-0.3, -0.25) is 4.79 Å². The van der Waals surface area contributed by atoms with E-state index < -0.39 is 29.0 Å². The van der Waals surface area contributed by atoms with Crippen molar-refractivity contribution in [2.45, 2.75) is 20.8 Å². The summed E-state index contributed by atoms with van der Waals surface area (Å²) in [7, 11) is 1.94. The van der Waals surface area contributed by atoms with Crippen LogP contribution in [0.2, 0.25) is 0 Å². The number of carbonyl (C=O) groups is 1. The molecule has 0 spiro atoms. The van der Waals surface area contributed by atoms with Crippen LogP contribution >= 0.6 is 0 Å². The molecule has 2 aromatic carbocycles. The van der Waals surface area contributed by atoms with Crippen LogP contribution in [0, 0.1) is 31.3 Å². The van der Waals surface area contributed by atoms with Gasteiger partial charge >= 0.3 is 0 Å². The standard InChI is InChI=1S/C22H18F3N3O/c1-11-5-6-20-16(7-11)15(13(3)27(20)4)8-14-12(2)26-28(22(14)29)21-10-18(24)17(23)9-19(21)25/h5-10H,1-4H3/b14-8+. The lowest BCUT2D eigenvalue weighted by molar-refractivity contribution is -0.114. The molecule has 0 saturated heterocycles. The van der Waals surface area contributed by atoms with Crippen LogP contribution in [0.3, 0.4) is 0 Å². The second kappa shape index (κ2) is 6.62. The topological polar surface area (TPSA) is 37.6 Å². The summed E-state index contributed by atoms with van der Waals surface area (Å²) in [5.74, 6) is -4.24. The Hall–Kier alpha value is -3.35. The average Bonchev–Trinajstić information content (AvgIpc) is 3.07. The fourth-order valence-electron chi connectivity index (χ4n) is 3.56. The highest BCUT2D eigenvalue weighted by atomic mass is 19.2. The van der Waals surface area contributed by atoms with Crippen LogP contribution in [0.25, 0.3) is 17.0 Å². The van der Waals surface area contributed by atoms with Gasteiger partial charge in [0.05, 0.1) is 11.3 Å². The van der Waals surface area contributed by atoms with E-state index in [1.165, 1.54) is 0 Å². The number of nitrogens with zero attached hydrogens (tertiary/aromatic N) is 3. The highest BCUT2D eigenvalue weighted by Crippen LogP contribution is 2.32. The molecule has 0 unspecified atom stereocenters. The van der Waals surface area contributed by atoms with Crippen LogP contribution in [0.1, 0.15) is 23.7 Å². The molecule has 1 aromatic heterocycles. The third-order valence-corrected chi connectivity index (χ3v) is 5.27. The van der Waals surface area contributed by atoms with E-state index in [-0.39, 0.29) is 5.57 Å². The maximum Gasteiger partial charge on any atom is 0.280 e. The van der Waals surface area contributed by atoms with Crippen LogP contribution in [0.5, 0.6) is 0 Å². The molecule has 4 rings (SSSR count). The molecule has 0 bridgehead atoms. The van der Waals surface area contributed by atoms with Crippen molar-refractivity contribution < 1.29 is 18.0 Å². The SMILES string of the molecule is CC1=NN(c2cc(F)c(F)cc2F)C(=O)/C1=C/c1c(C)n(C)c2ccc(C)cc12. The molecule has 2 heterocycles. The fourth-order valence-corrected chi connectivity index (χ4v) is 3.56. The molecule has 1 aliphatic heterocycles. The first-order valence-corrected chi connectivity index (χ1v) is 9.01. The van der Waals surface area contributed by atoms with Gasteiger partial charge in [0, 0.05) is 41.3 Å².